The SMILES string of the molecule is CN=C(N(C)C)N1CCOC(c2ccccc2C)C1. The van der Waals surface area contributed by atoms with E-state index in [1.807, 2.05) is 21.1 Å². The van der Waals surface area contributed by atoms with Crippen LogP contribution >= 0.6 is 0 Å². The Labute approximate surface area is 115 Å². The van der Waals surface area contributed by atoms with Gasteiger partial charge in [-0.15, -0.1) is 0 Å². The summed E-state index contributed by atoms with van der Waals surface area (Å²) < 4.78 is 5.93. The predicted molar refractivity (Wildman–Crippen MR) is 78.5 cm³/mol. The summed E-state index contributed by atoms with van der Waals surface area (Å²) in [6, 6.07) is 8.43. The Morgan fingerprint density at radius 3 is 2.74 bits per heavy atom. The lowest BCUT2D eigenvalue weighted by Crippen LogP contribution is -2.47. The first-order valence-electron chi connectivity index (χ1n) is 6.69. The zero-order valence-electron chi connectivity index (χ0n) is 12.3. The number of nitrogens with zero attached hydrogens (tertiary/aromatic N) is 3. The zero-order chi connectivity index (χ0) is 13.8. The highest BCUT2D eigenvalue weighted by Crippen LogP contribution is 2.25. The van der Waals surface area contributed by atoms with E-state index in [0.717, 1.165) is 25.7 Å². The Balaban J connectivity index is 2.16. The molecule has 104 valence electrons. The second kappa shape index (κ2) is 6.06. The molecule has 0 aromatic heterocycles. The molecule has 1 unspecified atom stereocenters. The Morgan fingerprint density at radius 1 is 1.37 bits per heavy atom. The molecule has 0 amide bonds. The molecule has 0 bridgehead atoms. The summed E-state index contributed by atoms with van der Waals surface area (Å²) in [5.41, 5.74) is 2.57. The first-order valence-corrected chi connectivity index (χ1v) is 6.69. The van der Waals surface area contributed by atoms with Gasteiger partial charge in [-0.1, -0.05) is 24.3 Å². The van der Waals surface area contributed by atoms with Gasteiger partial charge in [-0.05, 0) is 18.1 Å². The van der Waals surface area contributed by atoms with E-state index in [2.05, 4.69) is 46.0 Å². The summed E-state index contributed by atoms with van der Waals surface area (Å²) in [7, 11) is 5.90. The lowest BCUT2D eigenvalue weighted by atomic mass is 10.0. The maximum absolute atomic E-state index is 5.93. The molecule has 0 spiro atoms. The normalized spacial score (nSPS) is 20.5. The van der Waals surface area contributed by atoms with Crippen molar-refractivity contribution in [2.24, 2.45) is 4.99 Å². The number of benzene rings is 1. The number of ether oxygens (including phenoxy) is 1. The minimum atomic E-state index is 0.131. The van der Waals surface area contributed by atoms with Crippen LogP contribution in [0, 0.1) is 6.92 Å². The minimum Gasteiger partial charge on any atom is -0.370 e. The highest BCUT2D eigenvalue weighted by atomic mass is 16.5. The number of aliphatic imine (C=N–C) groups is 1. The van der Waals surface area contributed by atoms with Gasteiger partial charge in [0.05, 0.1) is 13.2 Å². The van der Waals surface area contributed by atoms with E-state index in [1.165, 1.54) is 11.1 Å². The third kappa shape index (κ3) is 3.07. The molecule has 2 rings (SSSR count). The Morgan fingerprint density at radius 2 is 2.11 bits per heavy atom. The molecule has 0 aliphatic carbocycles. The maximum Gasteiger partial charge on any atom is 0.195 e. The van der Waals surface area contributed by atoms with Gasteiger partial charge < -0.3 is 14.5 Å². The Bertz CT molecular complexity index is 456. The van der Waals surface area contributed by atoms with Crippen molar-refractivity contribution in [2.75, 3.05) is 40.8 Å². The standard InChI is InChI=1S/C15H23N3O/c1-12-7-5-6-8-13(12)14-11-18(9-10-19-14)15(16-2)17(3)4/h5-8,14H,9-11H2,1-4H3. The smallest absolute Gasteiger partial charge is 0.195 e. The van der Waals surface area contributed by atoms with Crippen LogP contribution in [-0.4, -0.2) is 56.6 Å². The fourth-order valence-electron chi connectivity index (χ4n) is 2.59. The van der Waals surface area contributed by atoms with Crippen molar-refractivity contribution in [2.45, 2.75) is 13.0 Å². The van der Waals surface area contributed by atoms with Crippen molar-refractivity contribution in [3.8, 4) is 0 Å². The molecule has 19 heavy (non-hydrogen) atoms. The second-order valence-electron chi connectivity index (χ2n) is 5.08. The van der Waals surface area contributed by atoms with Crippen LogP contribution in [0.25, 0.3) is 0 Å². The van der Waals surface area contributed by atoms with E-state index in [0.29, 0.717) is 0 Å². The van der Waals surface area contributed by atoms with Crippen LogP contribution in [0.3, 0.4) is 0 Å². The van der Waals surface area contributed by atoms with E-state index >= 15 is 0 Å². The van der Waals surface area contributed by atoms with Crippen molar-refractivity contribution in [1.29, 1.82) is 0 Å². The fourth-order valence-corrected chi connectivity index (χ4v) is 2.59. The molecule has 1 atom stereocenters. The van der Waals surface area contributed by atoms with Gasteiger partial charge >= 0.3 is 0 Å². The molecule has 4 nitrogen and oxygen atoms in total. The molecular formula is C15H23N3O. The number of rotatable bonds is 1. The van der Waals surface area contributed by atoms with Crippen LogP contribution in [0.2, 0.25) is 0 Å². The molecule has 0 N–H and O–H groups in total. The number of aryl methyl sites for hydroxylation is 1. The third-order valence-corrected chi connectivity index (χ3v) is 3.48. The molecule has 0 saturated carbocycles. The van der Waals surface area contributed by atoms with E-state index in [4.69, 9.17) is 4.74 Å². The first kappa shape index (κ1) is 13.9. The van der Waals surface area contributed by atoms with Crippen LogP contribution in [0.5, 0.6) is 0 Å². The van der Waals surface area contributed by atoms with Crippen molar-refractivity contribution < 1.29 is 4.74 Å². The molecule has 4 heteroatoms. The van der Waals surface area contributed by atoms with Crippen molar-refractivity contribution in [3.05, 3.63) is 35.4 Å². The number of morpholine rings is 1. The summed E-state index contributed by atoms with van der Waals surface area (Å²) in [4.78, 5) is 8.72. The van der Waals surface area contributed by atoms with Crippen LogP contribution in [0.1, 0.15) is 17.2 Å². The third-order valence-electron chi connectivity index (χ3n) is 3.48. The zero-order valence-corrected chi connectivity index (χ0v) is 12.3. The summed E-state index contributed by atoms with van der Waals surface area (Å²) in [5.74, 6) is 1.02. The van der Waals surface area contributed by atoms with Gasteiger partial charge in [-0.3, -0.25) is 4.99 Å². The van der Waals surface area contributed by atoms with Crippen LogP contribution in [0.4, 0.5) is 0 Å². The van der Waals surface area contributed by atoms with Gasteiger partial charge in [0.1, 0.15) is 6.10 Å². The van der Waals surface area contributed by atoms with Gasteiger partial charge in [0, 0.05) is 27.7 Å². The van der Waals surface area contributed by atoms with Gasteiger partial charge in [0.25, 0.3) is 0 Å². The van der Waals surface area contributed by atoms with Gasteiger partial charge in [0.15, 0.2) is 5.96 Å². The van der Waals surface area contributed by atoms with Crippen LogP contribution in [-0.2, 0) is 4.74 Å². The maximum atomic E-state index is 5.93. The van der Waals surface area contributed by atoms with E-state index < -0.39 is 0 Å². The topological polar surface area (TPSA) is 28.1 Å². The molecule has 1 heterocycles. The average Bonchev–Trinajstić information content (AvgIpc) is 2.40. The largest absolute Gasteiger partial charge is 0.370 e. The van der Waals surface area contributed by atoms with Crippen molar-refractivity contribution in [1.82, 2.24) is 9.80 Å². The van der Waals surface area contributed by atoms with Gasteiger partial charge in [-0.2, -0.15) is 0 Å². The fraction of sp³-hybridized carbons (Fsp3) is 0.533. The number of hydrogen-bond acceptors (Lipinski definition) is 2. The quantitative estimate of drug-likeness (QED) is 0.571. The van der Waals surface area contributed by atoms with E-state index in [-0.39, 0.29) is 6.10 Å². The lowest BCUT2D eigenvalue weighted by Gasteiger charge is -2.37. The first-order chi connectivity index (χ1) is 9.13. The monoisotopic (exact) mass is 261 g/mol. The Kier molecular flexibility index (Phi) is 4.43. The van der Waals surface area contributed by atoms with Crippen LogP contribution in [0.15, 0.2) is 29.3 Å². The molecular weight excluding hydrogens is 238 g/mol. The van der Waals surface area contributed by atoms with E-state index in [1.54, 1.807) is 0 Å². The summed E-state index contributed by atoms with van der Waals surface area (Å²) in [6.07, 6.45) is 0.131. The molecule has 1 fully saturated rings. The molecule has 1 aliphatic rings. The van der Waals surface area contributed by atoms with E-state index in [9.17, 15) is 0 Å². The highest BCUT2D eigenvalue weighted by Gasteiger charge is 2.25. The number of guanidine groups is 1. The second-order valence-corrected chi connectivity index (χ2v) is 5.08. The minimum absolute atomic E-state index is 0.131. The van der Waals surface area contributed by atoms with Crippen molar-refractivity contribution >= 4 is 5.96 Å². The summed E-state index contributed by atoms with van der Waals surface area (Å²) >= 11 is 0. The molecule has 1 aliphatic heterocycles. The van der Waals surface area contributed by atoms with Crippen LogP contribution < -0.4 is 0 Å². The predicted octanol–water partition coefficient (Wildman–Crippen LogP) is 1.92. The number of hydrogen-bond donors (Lipinski definition) is 0. The van der Waals surface area contributed by atoms with Gasteiger partial charge in [-0.25, -0.2) is 0 Å². The summed E-state index contributed by atoms with van der Waals surface area (Å²) in [5, 5.41) is 0. The summed E-state index contributed by atoms with van der Waals surface area (Å²) in [6.45, 7) is 4.63. The molecule has 0 radical (unpaired) electrons. The average molecular weight is 261 g/mol. The molecule has 1 aromatic rings. The molecule has 1 saturated heterocycles. The highest BCUT2D eigenvalue weighted by molar-refractivity contribution is 5.79. The molecule has 1 aromatic carbocycles. The van der Waals surface area contributed by atoms with Gasteiger partial charge in [0.2, 0.25) is 0 Å². The van der Waals surface area contributed by atoms with Crippen molar-refractivity contribution in [3.63, 3.8) is 0 Å². The Hall–Kier alpha value is -1.55. The lowest BCUT2D eigenvalue weighted by molar-refractivity contribution is -0.0101.